The Labute approximate surface area is 178 Å². The topological polar surface area (TPSA) is 58.6 Å². The van der Waals surface area contributed by atoms with Gasteiger partial charge in [-0.1, -0.05) is 49.2 Å². The van der Waals surface area contributed by atoms with E-state index in [-0.39, 0.29) is 18.2 Å². The Hall–Kier alpha value is -2.53. The summed E-state index contributed by atoms with van der Waals surface area (Å²) in [7, 11) is 1.61. The Morgan fingerprint density at radius 3 is 2.48 bits per heavy atom. The number of rotatable bonds is 10. The van der Waals surface area contributed by atoms with Crippen molar-refractivity contribution in [3.63, 3.8) is 0 Å². The van der Waals surface area contributed by atoms with Gasteiger partial charge in [0.25, 0.3) is 0 Å². The van der Waals surface area contributed by atoms with Crippen molar-refractivity contribution in [3.8, 4) is 5.75 Å². The van der Waals surface area contributed by atoms with E-state index in [0.717, 1.165) is 29.7 Å². The second-order valence-electron chi connectivity index (χ2n) is 7.00. The van der Waals surface area contributed by atoms with E-state index in [4.69, 9.17) is 16.3 Å². The first kappa shape index (κ1) is 22.8. The van der Waals surface area contributed by atoms with Crippen LogP contribution in [0, 0.1) is 0 Å². The summed E-state index contributed by atoms with van der Waals surface area (Å²) in [6.07, 6.45) is 2.09. The van der Waals surface area contributed by atoms with Gasteiger partial charge >= 0.3 is 0 Å². The Bertz CT molecular complexity index is 808. The number of hydrogen-bond acceptors (Lipinski definition) is 3. The van der Waals surface area contributed by atoms with Crippen LogP contribution >= 0.6 is 11.6 Å². The van der Waals surface area contributed by atoms with E-state index in [1.54, 1.807) is 31.1 Å². The fraction of sp³-hybridized carbons (Fsp3) is 0.391. The van der Waals surface area contributed by atoms with Gasteiger partial charge in [0, 0.05) is 18.1 Å². The molecule has 0 fully saturated rings. The second kappa shape index (κ2) is 11.5. The van der Waals surface area contributed by atoms with E-state index in [2.05, 4.69) is 12.2 Å². The van der Waals surface area contributed by atoms with E-state index >= 15 is 0 Å². The molecule has 29 heavy (non-hydrogen) atoms. The van der Waals surface area contributed by atoms with E-state index in [0.29, 0.717) is 18.1 Å². The molecule has 2 amide bonds. The molecule has 2 aromatic rings. The third kappa shape index (κ3) is 7.09. The minimum Gasteiger partial charge on any atom is -0.497 e. The summed E-state index contributed by atoms with van der Waals surface area (Å²) in [5.74, 6) is 0.476. The maximum absolute atomic E-state index is 13.1. The molecular formula is C23H29ClN2O3. The minimum absolute atomic E-state index is 0.124. The largest absolute Gasteiger partial charge is 0.497 e. The van der Waals surface area contributed by atoms with Gasteiger partial charge in [-0.3, -0.25) is 9.59 Å². The quantitative estimate of drug-likeness (QED) is 0.590. The maximum Gasteiger partial charge on any atom is 0.242 e. The van der Waals surface area contributed by atoms with Gasteiger partial charge in [0.1, 0.15) is 11.8 Å². The molecule has 0 radical (unpaired) electrons. The van der Waals surface area contributed by atoms with Crippen LogP contribution in [0.15, 0.2) is 48.5 Å². The molecule has 0 bridgehead atoms. The highest BCUT2D eigenvalue weighted by Gasteiger charge is 2.26. The van der Waals surface area contributed by atoms with Crippen LogP contribution in [0.3, 0.4) is 0 Å². The predicted molar refractivity (Wildman–Crippen MR) is 116 cm³/mol. The zero-order chi connectivity index (χ0) is 21.2. The molecule has 1 N–H and O–H groups in total. The molecule has 0 aliphatic rings. The SMILES string of the molecule is CCCCNC(=O)[C@H](C)N(Cc1ccc(OC)cc1)C(=O)Cc1cccc(Cl)c1. The number of halogens is 1. The van der Waals surface area contributed by atoms with E-state index in [1.165, 1.54) is 0 Å². The molecular weight excluding hydrogens is 388 g/mol. The van der Waals surface area contributed by atoms with Crippen molar-refractivity contribution in [2.45, 2.75) is 45.7 Å². The van der Waals surface area contributed by atoms with Crippen LogP contribution in [0.5, 0.6) is 5.75 Å². The zero-order valence-electron chi connectivity index (χ0n) is 17.3. The van der Waals surface area contributed by atoms with Crippen molar-refractivity contribution in [2.75, 3.05) is 13.7 Å². The van der Waals surface area contributed by atoms with Gasteiger partial charge in [0.05, 0.1) is 13.5 Å². The average molecular weight is 417 g/mol. The molecule has 2 rings (SSSR count). The molecule has 1 atom stereocenters. The highest BCUT2D eigenvalue weighted by Crippen LogP contribution is 2.17. The van der Waals surface area contributed by atoms with Gasteiger partial charge in [-0.25, -0.2) is 0 Å². The number of carbonyl (C=O) groups excluding carboxylic acids is 2. The first-order valence-corrected chi connectivity index (χ1v) is 10.3. The van der Waals surface area contributed by atoms with Gasteiger partial charge in [-0.2, -0.15) is 0 Å². The van der Waals surface area contributed by atoms with Gasteiger partial charge in [-0.05, 0) is 48.7 Å². The molecule has 0 aliphatic carbocycles. The number of amides is 2. The van der Waals surface area contributed by atoms with Gasteiger partial charge in [-0.15, -0.1) is 0 Å². The average Bonchev–Trinajstić information content (AvgIpc) is 2.72. The van der Waals surface area contributed by atoms with Crippen molar-refractivity contribution in [1.82, 2.24) is 10.2 Å². The molecule has 0 aliphatic heterocycles. The van der Waals surface area contributed by atoms with Crippen LogP contribution < -0.4 is 10.1 Å². The number of nitrogens with one attached hydrogen (secondary N) is 1. The fourth-order valence-corrected chi connectivity index (χ4v) is 3.18. The van der Waals surface area contributed by atoms with Crippen LogP contribution in [0.2, 0.25) is 5.02 Å². The number of unbranched alkanes of at least 4 members (excludes halogenated alkanes) is 1. The molecule has 5 nitrogen and oxygen atoms in total. The molecule has 2 aromatic carbocycles. The summed E-state index contributed by atoms with van der Waals surface area (Å²) in [5, 5.41) is 3.51. The minimum atomic E-state index is -0.583. The smallest absolute Gasteiger partial charge is 0.242 e. The lowest BCUT2D eigenvalue weighted by atomic mass is 10.1. The number of hydrogen-bond donors (Lipinski definition) is 1. The van der Waals surface area contributed by atoms with Crippen molar-refractivity contribution in [3.05, 3.63) is 64.7 Å². The molecule has 0 aromatic heterocycles. The molecule has 156 valence electrons. The predicted octanol–water partition coefficient (Wildman–Crippen LogP) is 4.22. The molecule has 0 heterocycles. The molecule has 0 unspecified atom stereocenters. The number of methoxy groups -OCH3 is 1. The van der Waals surface area contributed by atoms with Crippen LogP contribution in [0.4, 0.5) is 0 Å². The lowest BCUT2D eigenvalue weighted by Gasteiger charge is -2.29. The van der Waals surface area contributed by atoms with Gasteiger partial charge in [0.2, 0.25) is 11.8 Å². The van der Waals surface area contributed by atoms with Crippen molar-refractivity contribution < 1.29 is 14.3 Å². The van der Waals surface area contributed by atoms with Crippen LogP contribution in [0.1, 0.15) is 37.8 Å². The highest BCUT2D eigenvalue weighted by atomic mass is 35.5. The van der Waals surface area contributed by atoms with E-state index < -0.39 is 6.04 Å². The monoisotopic (exact) mass is 416 g/mol. The van der Waals surface area contributed by atoms with E-state index in [9.17, 15) is 9.59 Å². The molecule has 0 saturated carbocycles. The van der Waals surface area contributed by atoms with Crippen LogP contribution in [-0.4, -0.2) is 36.4 Å². The second-order valence-corrected chi connectivity index (χ2v) is 7.43. The summed E-state index contributed by atoms with van der Waals surface area (Å²) in [6, 6.07) is 14.1. The van der Waals surface area contributed by atoms with Crippen molar-refractivity contribution >= 4 is 23.4 Å². The summed E-state index contributed by atoms with van der Waals surface area (Å²) >= 11 is 6.05. The summed E-state index contributed by atoms with van der Waals surface area (Å²) in [5.41, 5.74) is 1.75. The summed E-state index contributed by atoms with van der Waals surface area (Å²) in [4.78, 5) is 27.3. The number of carbonyl (C=O) groups is 2. The Kier molecular flexibility index (Phi) is 9.00. The normalized spacial score (nSPS) is 11.6. The van der Waals surface area contributed by atoms with Gasteiger partial charge in [0.15, 0.2) is 0 Å². The maximum atomic E-state index is 13.1. The summed E-state index contributed by atoms with van der Waals surface area (Å²) in [6.45, 7) is 4.78. The number of benzene rings is 2. The first-order chi connectivity index (χ1) is 13.9. The van der Waals surface area contributed by atoms with E-state index in [1.807, 2.05) is 36.4 Å². The number of nitrogens with zero attached hydrogens (tertiary/aromatic N) is 1. The van der Waals surface area contributed by atoms with Gasteiger partial charge < -0.3 is 15.0 Å². The molecule has 0 saturated heterocycles. The highest BCUT2D eigenvalue weighted by molar-refractivity contribution is 6.30. The summed E-state index contributed by atoms with van der Waals surface area (Å²) < 4.78 is 5.20. The first-order valence-electron chi connectivity index (χ1n) is 9.89. The fourth-order valence-electron chi connectivity index (χ4n) is 2.97. The Balaban J connectivity index is 2.18. The number of ether oxygens (including phenoxy) is 1. The Morgan fingerprint density at radius 1 is 1.14 bits per heavy atom. The third-order valence-electron chi connectivity index (χ3n) is 4.75. The van der Waals surface area contributed by atoms with Crippen LogP contribution in [-0.2, 0) is 22.6 Å². The standard InChI is InChI=1S/C23H29ClN2O3/c1-4-5-13-25-23(28)17(2)26(16-18-9-11-21(29-3)12-10-18)22(27)15-19-7-6-8-20(24)14-19/h6-12,14,17H,4-5,13,15-16H2,1-3H3,(H,25,28)/t17-/m0/s1. The Morgan fingerprint density at radius 2 is 1.86 bits per heavy atom. The van der Waals surface area contributed by atoms with Crippen molar-refractivity contribution in [2.24, 2.45) is 0 Å². The third-order valence-corrected chi connectivity index (χ3v) is 4.99. The van der Waals surface area contributed by atoms with Crippen LogP contribution in [0.25, 0.3) is 0 Å². The zero-order valence-corrected chi connectivity index (χ0v) is 18.0. The molecule has 0 spiro atoms. The van der Waals surface area contributed by atoms with Crippen molar-refractivity contribution in [1.29, 1.82) is 0 Å². The lowest BCUT2D eigenvalue weighted by Crippen LogP contribution is -2.48. The lowest BCUT2D eigenvalue weighted by molar-refractivity contribution is -0.140. The molecule has 6 heteroatoms.